The molecule has 0 amide bonds. The average Bonchev–Trinajstić information content (AvgIpc) is 3.11. The van der Waals surface area contributed by atoms with Gasteiger partial charge in [0, 0.05) is 10.9 Å². The van der Waals surface area contributed by atoms with Gasteiger partial charge in [-0.05, 0) is 26.0 Å². The Balaban J connectivity index is 1.71. The summed E-state index contributed by atoms with van der Waals surface area (Å²) in [4.78, 5) is 21.5. The van der Waals surface area contributed by atoms with Gasteiger partial charge < -0.3 is 9.26 Å². The molecule has 0 aliphatic rings. The lowest BCUT2D eigenvalue weighted by Gasteiger charge is -2.09. The first-order valence-electron chi connectivity index (χ1n) is 8.53. The summed E-state index contributed by atoms with van der Waals surface area (Å²) < 4.78 is 10.4. The lowest BCUT2D eigenvalue weighted by Crippen LogP contribution is -2.07. The number of hydrogen-bond donors (Lipinski definition) is 0. The van der Waals surface area contributed by atoms with Gasteiger partial charge in [-0.15, -0.1) is 0 Å². The fourth-order valence-electron chi connectivity index (χ4n) is 2.82. The Morgan fingerprint density at radius 1 is 1.04 bits per heavy atom. The van der Waals surface area contributed by atoms with Crippen LogP contribution in [0.5, 0.6) is 0 Å². The second-order valence-electron chi connectivity index (χ2n) is 6.25. The Morgan fingerprint density at radius 3 is 2.56 bits per heavy atom. The van der Waals surface area contributed by atoms with Crippen molar-refractivity contribution in [3.8, 4) is 11.3 Å². The maximum absolute atomic E-state index is 12.7. The van der Waals surface area contributed by atoms with Gasteiger partial charge in [-0.1, -0.05) is 53.2 Å². The summed E-state index contributed by atoms with van der Waals surface area (Å²) in [7, 11) is 0. The highest BCUT2D eigenvalue weighted by Gasteiger charge is 2.16. The Bertz CT molecular complexity index is 1120. The van der Waals surface area contributed by atoms with Crippen molar-refractivity contribution in [2.24, 2.45) is 0 Å². The number of hydrogen-bond acceptors (Lipinski definition) is 6. The summed E-state index contributed by atoms with van der Waals surface area (Å²) in [5.74, 6) is 0.299. The standard InChI is InChI=1S/C21H17N3O3/c1-13-7-9-15(10-8-13)19-11-17(16-5-3-4-6-18(16)23-19)21(25)26-12-20-22-14(2)24-27-20/h3-11H,12H2,1-2H3. The number of fused-ring (bicyclic) bond motifs is 1. The lowest BCUT2D eigenvalue weighted by molar-refractivity contribution is 0.0432. The van der Waals surface area contributed by atoms with Gasteiger partial charge in [0.05, 0.1) is 16.8 Å². The summed E-state index contributed by atoms with van der Waals surface area (Å²) in [5, 5.41) is 4.43. The lowest BCUT2D eigenvalue weighted by atomic mass is 10.0. The van der Waals surface area contributed by atoms with Crippen LogP contribution in [-0.2, 0) is 11.3 Å². The summed E-state index contributed by atoms with van der Waals surface area (Å²) in [6.45, 7) is 3.66. The molecule has 0 radical (unpaired) electrons. The van der Waals surface area contributed by atoms with Crippen LogP contribution in [0.25, 0.3) is 22.2 Å². The predicted octanol–water partition coefficient (Wildman–Crippen LogP) is 4.26. The van der Waals surface area contributed by atoms with E-state index in [2.05, 4.69) is 10.1 Å². The van der Waals surface area contributed by atoms with Crippen molar-refractivity contribution in [2.75, 3.05) is 0 Å². The van der Waals surface area contributed by atoms with Gasteiger partial charge in [-0.25, -0.2) is 9.78 Å². The number of ether oxygens (including phenoxy) is 1. The topological polar surface area (TPSA) is 78.1 Å². The third kappa shape index (κ3) is 3.55. The molecule has 0 unspecified atom stereocenters. The van der Waals surface area contributed by atoms with Crippen LogP contribution < -0.4 is 0 Å². The monoisotopic (exact) mass is 359 g/mol. The van der Waals surface area contributed by atoms with Crippen LogP contribution in [0.2, 0.25) is 0 Å². The van der Waals surface area contributed by atoms with Crippen molar-refractivity contribution < 1.29 is 14.1 Å². The molecule has 0 N–H and O–H groups in total. The highest BCUT2D eigenvalue weighted by molar-refractivity contribution is 6.04. The van der Waals surface area contributed by atoms with E-state index in [0.717, 1.165) is 22.0 Å². The SMILES string of the molecule is Cc1ccc(-c2cc(C(=O)OCc3nc(C)no3)c3ccccc3n2)cc1. The molecule has 2 aromatic heterocycles. The number of aryl methyl sites for hydroxylation is 2. The van der Waals surface area contributed by atoms with Gasteiger partial charge in [0.1, 0.15) is 0 Å². The molecule has 0 aliphatic carbocycles. The minimum atomic E-state index is -0.460. The third-order valence-electron chi connectivity index (χ3n) is 4.18. The summed E-state index contributed by atoms with van der Waals surface area (Å²) in [6, 6.07) is 17.3. The normalized spacial score (nSPS) is 10.9. The van der Waals surface area contributed by atoms with E-state index in [4.69, 9.17) is 14.2 Å². The van der Waals surface area contributed by atoms with E-state index in [9.17, 15) is 4.79 Å². The van der Waals surface area contributed by atoms with E-state index in [0.29, 0.717) is 17.1 Å². The number of carbonyl (C=O) groups excluding carboxylic acids is 1. The number of aromatic nitrogens is 3. The van der Waals surface area contributed by atoms with Gasteiger partial charge in [0.2, 0.25) is 0 Å². The zero-order valence-corrected chi connectivity index (χ0v) is 15.0. The van der Waals surface area contributed by atoms with Crippen LogP contribution in [0.3, 0.4) is 0 Å². The predicted molar refractivity (Wildman–Crippen MR) is 100 cm³/mol. The Hall–Kier alpha value is -3.54. The molecule has 0 bridgehead atoms. The second-order valence-corrected chi connectivity index (χ2v) is 6.25. The number of benzene rings is 2. The highest BCUT2D eigenvalue weighted by Crippen LogP contribution is 2.26. The number of carbonyl (C=O) groups is 1. The largest absolute Gasteiger partial charge is 0.452 e. The Kier molecular flexibility index (Phi) is 4.38. The average molecular weight is 359 g/mol. The van der Waals surface area contributed by atoms with Gasteiger partial charge in [-0.3, -0.25) is 0 Å². The van der Waals surface area contributed by atoms with Crippen LogP contribution in [0.4, 0.5) is 0 Å². The maximum atomic E-state index is 12.7. The number of rotatable bonds is 4. The van der Waals surface area contributed by atoms with Crippen molar-refractivity contribution >= 4 is 16.9 Å². The minimum absolute atomic E-state index is 0.0732. The molecule has 134 valence electrons. The van der Waals surface area contributed by atoms with Crippen LogP contribution in [0.15, 0.2) is 59.1 Å². The van der Waals surface area contributed by atoms with Gasteiger partial charge in [-0.2, -0.15) is 4.98 Å². The van der Waals surface area contributed by atoms with Gasteiger partial charge >= 0.3 is 5.97 Å². The van der Waals surface area contributed by atoms with Gasteiger partial charge in [0.15, 0.2) is 12.4 Å². The molecule has 6 nitrogen and oxygen atoms in total. The van der Waals surface area contributed by atoms with Crippen molar-refractivity contribution in [1.82, 2.24) is 15.1 Å². The summed E-state index contributed by atoms with van der Waals surface area (Å²) in [6.07, 6.45) is 0. The van der Waals surface area contributed by atoms with E-state index in [-0.39, 0.29) is 12.5 Å². The van der Waals surface area contributed by atoms with E-state index >= 15 is 0 Å². The zero-order chi connectivity index (χ0) is 18.8. The first kappa shape index (κ1) is 16.9. The quantitative estimate of drug-likeness (QED) is 0.507. The summed E-state index contributed by atoms with van der Waals surface area (Å²) in [5.41, 5.74) is 4.00. The molecule has 2 heterocycles. The minimum Gasteiger partial charge on any atom is -0.452 e. The molecule has 0 fully saturated rings. The molecule has 4 aromatic rings. The molecule has 27 heavy (non-hydrogen) atoms. The maximum Gasteiger partial charge on any atom is 0.339 e. The van der Waals surface area contributed by atoms with Crippen molar-refractivity contribution in [2.45, 2.75) is 20.5 Å². The van der Waals surface area contributed by atoms with E-state index in [1.165, 1.54) is 0 Å². The van der Waals surface area contributed by atoms with Crippen LogP contribution in [-0.4, -0.2) is 21.1 Å². The molecule has 0 aliphatic heterocycles. The first-order chi connectivity index (χ1) is 13.1. The number of para-hydroxylation sites is 1. The summed E-state index contributed by atoms with van der Waals surface area (Å²) >= 11 is 0. The first-order valence-corrected chi connectivity index (χ1v) is 8.53. The second kappa shape index (κ2) is 6.99. The fourth-order valence-corrected chi connectivity index (χ4v) is 2.82. The van der Waals surface area contributed by atoms with Gasteiger partial charge in [0.25, 0.3) is 5.89 Å². The van der Waals surface area contributed by atoms with E-state index < -0.39 is 5.97 Å². The molecule has 6 heteroatoms. The highest BCUT2D eigenvalue weighted by atomic mass is 16.6. The molecule has 4 rings (SSSR count). The number of pyridine rings is 1. The number of nitrogens with zero attached hydrogens (tertiary/aromatic N) is 3. The van der Waals surface area contributed by atoms with E-state index in [1.807, 2.05) is 55.5 Å². The molecule has 2 aromatic carbocycles. The number of esters is 1. The zero-order valence-electron chi connectivity index (χ0n) is 15.0. The van der Waals surface area contributed by atoms with Crippen LogP contribution in [0.1, 0.15) is 27.6 Å². The molecule has 0 spiro atoms. The van der Waals surface area contributed by atoms with E-state index in [1.54, 1.807) is 13.0 Å². The molecule has 0 atom stereocenters. The molecule has 0 saturated heterocycles. The Labute approximate surface area is 155 Å². The Morgan fingerprint density at radius 2 is 1.81 bits per heavy atom. The smallest absolute Gasteiger partial charge is 0.339 e. The molecule has 0 saturated carbocycles. The fraction of sp³-hybridized carbons (Fsp3) is 0.143. The van der Waals surface area contributed by atoms with Crippen molar-refractivity contribution in [3.63, 3.8) is 0 Å². The van der Waals surface area contributed by atoms with Crippen LogP contribution in [0, 0.1) is 13.8 Å². The molecular formula is C21H17N3O3. The third-order valence-corrected chi connectivity index (χ3v) is 4.18. The van der Waals surface area contributed by atoms with Crippen molar-refractivity contribution in [3.05, 3.63) is 77.4 Å². The van der Waals surface area contributed by atoms with Crippen LogP contribution >= 0.6 is 0 Å². The molecular weight excluding hydrogens is 342 g/mol. The van der Waals surface area contributed by atoms with Crippen molar-refractivity contribution in [1.29, 1.82) is 0 Å².